The lowest BCUT2D eigenvalue weighted by Crippen LogP contribution is -2.39. The minimum Gasteiger partial charge on any atom is -0.444 e. The second-order valence-electron chi connectivity index (χ2n) is 6.64. The summed E-state index contributed by atoms with van der Waals surface area (Å²) < 4.78 is 10.2. The van der Waals surface area contributed by atoms with Crippen molar-refractivity contribution in [1.29, 1.82) is 0 Å². The molecular weight excluding hydrogens is 324 g/mol. The quantitative estimate of drug-likeness (QED) is 0.835. The van der Waals surface area contributed by atoms with E-state index < -0.39 is 5.60 Å². The summed E-state index contributed by atoms with van der Waals surface area (Å²) in [7, 11) is 1.50. The molecule has 0 saturated carbocycles. The van der Waals surface area contributed by atoms with Gasteiger partial charge in [-0.15, -0.1) is 0 Å². The number of hydrogen-bond acceptors (Lipinski definition) is 6. The topological polar surface area (TPSA) is 93.7 Å². The van der Waals surface area contributed by atoms with E-state index in [-0.39, 0.29) is 18.7 Å². The Balaban J connectivity index is 1.97. The van der Waals surface area contributed by atoms with Crippen molar-refractivity contribution in [3.05, 3.63) is 29.9 Å². The minimum atomic E-state index is -0.511. The molecular formula is C17H24N4O4. The number of carbonyl (C=O) groups is 2. The van der Waals surface area contributed by atoms with Crippen molar-refractivity contribution < 1.29 is 19.1 Å². The van der Waals surface area contributed by atoms with Gasteiger partial charge in [-0.05, 0) is 32.8 Å². The maximum absolute atomic E-state index is 12.1. The van der Waals surface area contributed by atoms with Gasteiger partial charge in [-0.2, -0.15) is 0 Å². The normalized spacial score (nSPS) is 14.7. The monoisotopic (exact) mass is 348 g/mol. The third-order valence-corrected chi connectivity index (χ3v) is 3.44. The Labute approximate surface area is 147 Å². The van der Waals surface area contributed by atoms with Crippen LogP contribution >= 0.6 is 0 Å². The molecule has 2 amide bonds. The SMILES string of the molecule is COCNC(=O)c1cnc(C2=CCN(C(=O)OC(C)(C)C)CC2)nc1. The van der Waals surface area contributed by atoms with Crippen molar-refractivity contribution >= 4 is 17.6 Å². The van der Waals surface area contributed by atoms with Crippen LogP contribution in [0.25, 0.3) is 5.57 Å². The Morgan fingerprint density at radius 2 is 1.96 bits per heavy atom. The van der Waals surface area contributed by atoms with Crippen LogP contribution in [0.2, 0.25) is 0 Å². The number of carbonyl (C=O) groups excluding carboxylic acids is 2. The summed E-state index contributed by atoms with van der Waals surface area (Å²) in [5.41, 5.74) is 0.805. The highest BCUT2D eigenvalue weighted by Crippen LogP contribution is 2.20. The molecule has 0 bridgehead atoms. The van der Waals surface area contributed by atoms with Crippen LogP contribution in [-0.2, 0) is 9.47 Å². The Bertz CT molecular complexity index is 650. The molecule has 25 heavy (non-hydrogen) atoms. The van der Waals surface area contributed by atoms with Gasteiger partial charge in [0.05, 0.1) is 5.56 Å². The van der Waals surface area contributed by atoms with Crippen LogP contribution in [0.5, 0.6) is 0 Å². The van der Waals surface area contributed by atoms with Gasteiger partial charge >= 0.3 is 6.09 Å². The van der Waals surface area contributed by atoms with Crippen molar-refractivity contribution in [3.8, 4) is 0 Å². The van der Waals surface area contributed by atoms with Crippen LogP contribution in [0.4, 0.5) is 4.79 Å². The molecule has 0 aliphatic carbocycles. The fraction of sp³-hybridized carbons (Fsp3) is 0.529. The molecule has 0 saturated heterocycles. The smallest absolute Gasteiger partial charge is 0.410 e. The van der Waals surface area contributed by atoms with E-state index in [1.54, 1.807) is 4.90 Å². The van der Waals surface area contributed by atoms with Crippen LogP contribution in [0.15, 0.2) is 18.5 Å². The van der Waals surface area contributed by atoms with Crippen molar-refractivity contribution in [2.24, 2.45) is 0 Å². The van der Waals surface area contributed by atoms with Gasteiger partial charge in [0.15, 0.2) is 5.82 Å². The molecule has 1 aromatic rings. The summed E-state index contributed by atoms with van der Waals surface area (Å²) in [5, 5.41) is 2.57. The fourth-order valence-corrected chi connectivity index (χ4v) is 2.22. The number of ether oxygens (including phenoxy) is 2. The van der Waals surface area contributed by atoms with Gasteiger partial charge in [-0.25, -0.2) is 14.8 Å². The second kappa shape index (κ2) is 8.06. The van der Waals surface area contributed by atoms with E-state index >= 15 is 0 Å². The van der Waals surface area contributed by atoms with Gasteiger partial charge < -0.3 is 19.7 Å². The Kier molecular flexibility index (Phi) is 6.08. The zero-order valence-electron chi connectivity index (χ0n) is 15.0. The summed E-state index contributed by atoms with van der Waals surface area (Å²) in [6.45, 7) is 6.65. The fourth-order valence-electron chi connectivity index (χ4n) is 2.22. The molecule has 136 valence electrons. The summed E-state index contributed by atoms with van der Waals surface area (Å²) >= 11 is 0. The molecule has 1 aromatic heterocycles. The predicted molar refractivity (Wildman–Crippen MR) is 91.8 cm³/mol. The van der Waals surface area contributed by atoms with Crippen molar-refractivity contribution in [1.82, 2.24) is 20.2 Å². The number of methoxy groups -OCH3 is 1. The van der Waals surface area contributed by atoms with E-state index in [0.29, 0.717) is 30.9 Å². The second-order valence-corrected chi connectivity index (χ2v) is 6.64. The van der Waals surface area contributed by atoms with E-state index in [1.165, 1.54) is 19.5 Å². The molecule has 0 aromatic carbocycles. The van der Waals surface area contributed by atoms with Gasteiger partial charge in [0.25, 0.3) is 5.91 Å². The molecule has 2 heterocycles. The van der Waals surface area contributed by atoms with Crippen LogP contribution in [0.3, 0.4) is 0 Å². The number of nitrogens with one attached hydrogen (secondary N) is 1. The summed E-state index contributed by atoms with van der Waals surface area (Å²) in [5.74, 6) is 0.272. The Morgan fingerprint density at radius 1 is 1.28 bits per heavy atom. The number of hydrogen-bond donors (Lipinski definition) is 1. The lowest BCUT2D eigenvalue weighted by Gasteiger charge is -2.29. The van der Waals surface area contributed by atoms with Crippen LogP contribution < -0.4 is 5.32 Å². The molecule has 0 atom stereocenters. The lowest BCUT2D eigenvalue weighted by atomic mass is 10.1. The summed E-state index contributed by atoms with van der Waals surface area (Å²) in [6.07, 6.45) is 5.18. The molecule has 1 aliphatic heterocycles. The number of aromatic nitrogens is 2. The van der Waals surface area contributed by atoms with Gasteiger partial charge in [-0.1, -0.05) is 6.08 Å². The van der Waals surface area contributed by atoms with Crippen molar-refractivity contribution in [2.45, 2.75) is 32.8 Å². The van der Waals surface area contributed by atoms with Gasteiger partial charge in [0.2, 0.25) is 0 Å². The first-order valence-corrected chi connectivity index (χ1v) is 8.06. The Hall–Kier alpha value is -2.48. The van der Waals surface area contributed by atoms with E-state index in [9.17, 15) is 9.59 Å². The Morgan fingerprint density at radius 3 is 2.48 bits per heavy atom. The zero-order chi connectivity index (χ0) is 18.4. The first kappa shape index (κ1) is 18.9. The highest BCUT2D eigenvalue weighted by atomic mass is 16.6. The highest BCUT2D eigenvalue weighted by molar-refractivity contribution is 5.93. The first-order valence-electron chi connectivity index (χ1n) is 8.06. The maximum Gasteiger partial charge on any atom is 0.410 e. The highest BCUT2D eigenvalue weighted by Gasteiger charge is 2.24. The lowest BCUT2D eigenvalue weighted by molar-refractivity contribution is 0.0270. The average Bonchev–Trinajstić information content (AvgIpc) is 2.58. The standard InChI is InChI=1S/C17H24N4O4/c1-17(2,3)25-16(23)21-7-5-12(6-8-21)14-18-9-13(10-19-14)15(22)20-11-24-4/h5,9-10H,6-8,11H2,1-4H3,(H,20,22). The van der Waals surface area contributed by atoms with Crippen molar-refractivity contribution in [3.63, 3.8) is 0 Å². The largest absolute Gasteiger partial charge is 0.444 e. The summed E-state index contributed by atoms with van der Waals surface area (Å²) in [6, 6.07) is 0. The van der Waals surface area contributed by atoms with Gasteiger partial charge in [0.1, 0.15) is 12.3 Å². The molecule has 2 rings (SSSR count). The first-order chi connectivity index (χ1) is 11.8. The van der Waals surface area contributed by atoms with Crippen LogP contribution in [-0.4, -0.2) is 59.4 Å². The molecule has 0 spiro atoms. The van der Waals surface area contributed by atoms with Gasteiger partial charge in [0, 0.05) is 32.6 Å². The molecule has 1 aliphatic rings. The van der Waals surface area contributed by atoms with Crippen LogP contribution in [0, 0.1) is 0 Å². The van der Waals surface area contributed by atoms with E-state index in [0.717, 1.165) is 5.57 Å². The molecule has 8 nitrogen and oxygen atoms in total. The van der Waals surface area contributed by atoms with E-state index in [1.807, 2.05) is 26.8 Å². The third kappa shape index (κ3) is 5.53. The third-order valence-electron chi connectivity index (χ3n) is 3.44. The zero-order valence-corrected chi connectivity index (χ0v) is 15.0. The molecule has 0 unspecified atom stereocenters. The molecule has 0 radical (unpaired) electrons. The summed E-state index contributed by atoms with van der Waals surface area (Å²) in [4.78, 5) is 34.0. The molecule has 1 N–H and O–H groups in total. The number of amides is 2. The van der Waals surface area contributed by atoms with E-state index in [2.05, 4.69) is 15.3 Å². The van der Waals surface area contributed by atoms with Crippen LogP contribution in [0.1, 0.15) is 43.4 Å². The molecule has 0 fully saturated rings. The average molecular weight is 348 g/mol. The number of nitrogens with zero attached hydrogens (tertiary/aromatic N) is 3. The predicted octanol–water partition coefficient (Wildman–Crippen LogP) is 1.83. The van der Waals surface area contributed by atoms with Gasteiger partial charge in [-0.3, -0.25) is 4.79 Å². The van der Waals surface area contributed by atoms with E-state index in [4.69, 9.17) is 9.47 Å². The molecule has 8 heteroatoms. The number of rotatable bonds is 4. The maximum atomic E-state index is 12.1. The minimum absolute atomic E-state index is 0.131. The van der Waals surface area contributed by atoms with Crippen molar-refractivity contribution in [2.75, 3.05) is 26.9 Å².